The average Bonchev–Trinajstić information content (AvgIpc) is 2.01. The first-order valence-electron chi connectivity index (χ1n) is 2.66. The third-order valence-corrected chi connectivity index (χ3v) is 0.421. The molecule has 0 aliphatic carbocycles. The van der Waals surface area contributed by atoms with Crippen molar-refractivity contribution in [3.05, 3.63) is 0 Å². The molecule has 0 fully saturated rings. The van der Waals surface area contributed by atoms with E-state index in [1.807, 2.05) is 0 Å². The standard InChI is InChI=1S/C3H8O3.2ClHO3/c4-1-3(6)2-5;2*2-1(3)4/h3-6H,1-2H2;2*2H. The minimum Gasteiger partial charge on any atom is -0.394 e. The van der Waals surface area contributed by atoms with Crippen LogP contribution < -0.4 is 18.6 Å². The Kier molecular flexibility index (Phi) is 22.1. The van der Waals surface area contributed by atoms with E-state index in [-0.39, 0.29) is 13.2 Å². The van der Waals surface area contributed by atoms with Crippen LogP contribution in [0.2, 0.25) is 0 Å². The van der Waals surface area contributed by atoms with Gasteiger partial charge in [0, 0.05) is 9.32 Å². The minimum atomic E-state index is -2.60. The molecule has 0 radical (unpaired) electrons. The number of halogens is 2. The highest BCUT2D eigenvalue weighted by Gasteiger charge is 1.93. The molecular weight excluding hydrogens is 251 g/mol. The molecule has 0 aromatic carbocycles. The van der Waals surface area contributed by atoms with E-state index in [1.165, 1.54) is 0 Å². The molecule has 90 valence electrons. The van der Waals surface area contributed by atoms with Crippen LogP contribution in [-0.4, -0.2) is 44.0 Å². The van der Waals surface area contributed by atoms with Gasteiger partial charge in [-0.15, -0.1) is 0 Å². The first-order valence-corrected chi connectivity index (χ1v) is 4.57. The van der Waals surface area contributed by atoms with Crippen molar-refractivity contribution >= 4 is 0 Å². The lowest BCUT2D eigenvalue weighted by atomic mass is 10.4. The molecule has 0 saturated heterocycles. The van der Waals surface area contributed by atoms with Crippen molar-refractivity contribution in [2.75, 3.05) is 13.2 Å². The topological polar surface area (TPSA) is 193 Å². The Morgan fingerprint density at radius 1 is 0.857 bits per heavy atom. The van der Waals surface area contributed by atoms with Crippen LogP contribution >= 0.6 is 0 Å². The SMILES string of the molecule is OCC(O)CO.[O-][Cl+2]([O-])O.[O-][Cl+2]([O-])O. The van der Waals surface area contributed by atoms with Gasteiger partial charge < -0.3 is 34.0 Å². The fourth-order valence-corrected chi connectivity index (χ4v) is 0.0577. The van der Waals surface area contributed by atoms with Crippen LogP contribution in [-0.2, 0) is 0 Å². The smallest absolute Gasteiger partial charge is 0.282 e. The fraction of sp³-hybridized carbons (Fsp3) is 1.00. The summed E-state index contributed by atoms with van der Waals surface area (Å²) in [6, 6.07) is 0. The molecule has 0 heterocycles. The van der Waals surface area contributed by atoms with Gasteiger partial charge >= 0.3 is 0 Å². The first-order chi connectivity index (χ1) is 6.27. The van der Waals surface area contributed by atoms with Gasteiger partial charge in [0.15, 0.2) is 0 Å². The van der Waals surface area contributed by atoms with E-state index in [9.17, 15) is 0 Å². The summed E-state index contributed by atoms with van der Waals surface area (Å²) in [7, 11) is -5.20. The third kappa shape index (κ3) is 86.4. The molecule has 0 saturated carbocycles. The number of hydrogen-bond acceptors (Lipinski definition) is 9. The van der Waals surface area contributed by atoms with Crippen LogP contribution in [0.15, 0.2) is 0 Å². The van der Waals surface area contributed by atoms with Gasteiger partial charge in [0.25, 0.3) is 21.6 Å². The van der Waals surface area contributed by atoms with E-state index in [1.54, 1.807) is 0 Å². The molecule has 0 bridgehead atoms. The molecule has 0 unspecified atom stereocenters. The van der Waals surface area contributed by atoms with Crippen molar-refractivity contribution in [3.8, 4) is 0 Å². The Balaban J connectivity index is -0.000000135. The summed E-state index contributed by atoms with van der Waals surface area (Å²) >= 11 is 0. The average molecular weight is 261 g/mol. The van der Waals surface area contributed by atoms with Crippen molar-refractivity contribution in [1.29, 1.82) is 0 Å². The van der Waals surface area contributed by atoms with E-state index in [0.717, 1.165) is 0 Å². The van der Waals surface area contributed by atoms with E-state index in [0.29, 0.717) is 0 Å². The summed E-state index contributed by atoms with van der Waals surface area (Å²) in [6.45, 7) is -0.729. The second-order valence-electron chi connectivity index (χ2n) is 1.42. The number of rotatable bonds is 2. The van der Waals surface area contributed by atoms with Crippen molar-refractivity contribution in [1.82, 2.24) is 0 Å². The van der Waals surface area contributed by atoms with Gasteiger partial charge in [-0.25, -0.2) is 0 Å². The van der Waals surface area contributed by atoms with Crippen LogP contribution in [0.25, 0.3) is 0 Å². The van der Waals surface area contributed by atoms with Gasteiger partial charge in [-0.3, -0.25) is 0 Å². The van der Waals surface area contributed by atoms with E-state index >= 15 is 0 Å². The van der Waals surface area contributed by atoms with Crippen LogP contribution in [0.5, 0.6) is 0 Å². The predicted molar refractivity (Wildman–Crippen MR) is 24.6 cm³/mol. The summed E-state index contributed by atoms with van der Waals surface area (Å²) in [5, 5.41) is 24.0. The molecule has 0 amide bonds. The van der Waals surface area contributed by atoms with Crippen molar-refractivity contribution in [3.63, 3.8) is 0 Å². The highest BCUT2D eigenvalue weighted by molar-refractivity contribution is 4.43. The maximum atomic E-state index is 8.52. The molecule has 11 heteroatoms. The van der Waals surface area contributed by atoms with E-state index in [4.69, 9.17) is 43.3 Å². The molecule has 0 aliphatic rings. The largest absolute Gasteiger partial charge is 0.394 e. The quantitative estimate of drug-likeness (QED) is 0.320. The molecule has 14 heavy (non-hydrogen) atoms. The van der Waals surface area contributed by atoms with Gasteiger partial charge in [0.2, 0.25) is 0 Å². The second kappa shape index (κ2) is 15.7. The summed E-state index contributed by atoms with van der Waals surface area (Å²) in [5.74, 6) is 0. The molecule has 0 aromatic heterocycles. The van der Waals surface area contributed by atoms with Crippen LogP contribution in [0.1, 0.15) is 0 Å². The van der Waals surface area contributed by atoms with Gasteiger partial charge in [0.05, 0.1) is 13.2 Å². The Hall–Kier alpha value is 0.220. The van der Waals surface area contributed by atoms with Crippen LogP contribution in [0.3, 0.4) is 0 Å². The van der Waals surface area contributed by atoms with Crippen LogP contribution in [0.4, 0.5) is 0 Å². The number of aliphatic hydroxyl groups is 3. The predicted octanol–water partition coefficient (Wildman–Crippen LogP) is -7.54. The minimum absolute atomic E-state index is 0.365. The van der Waals surface area contributed by atoms with Crippen molar-refractivity contribution in [2.45, 2.75) is 6.10 Å². The molecule has 0 rings (SSSR count). The summed E-state index contributed by atoms with van der Waals surface area (Å²) in [6.07, 6.45) is -0.954. The first kappa shape index (κ1) is 19.7. The Morgan fingerprint density at radius 2 is 1.00 bits per heavy atom. The van der Waals surface area contributed by atoms with Gasteiger partial charge in [-0.1, -0.05) is 0 Å². The molecule has 0 atom stereocenters. The zero-order valence-corrected chi connectivity index (χ0v) is 8.13. The molecule has 5 N–H and O–H groups in total. The molecule has 9 nitrogen and oxygen atoms in total. The highest BCUT2D eigenvalue weighted by Crippen LogP contribution is 1.71. The van der Waals surface area contributed by atoms with Crippen LogP contribution in [0, 0.1) is 21.6 Å². The van der Waals surface area contributed by atoms with E-state index < -0.39 is 27.7 Å². The van der Waals surface area contributed by atoms with Crippen molar-refractivity contribution in [2.24, 2.45) is 0 Å². The zero-order chi connectivity index (χ0) is 12.1. The summed E-state index contributed by atoms with van der Waals surface area (Å²) < 4.78 is 47.9. The lowest BCUT2D eigenvalue weighted by Crippen LogP contribution is -2.30. The molecule has 0 aliphatic heterocycles. The Morgan fingerprint density at radius 3 is 1.00 bits per heavy atom. The van der Waals surface area contributed by atoms with Crippen molar-refractivity contribution < 1.29 is 64.8 Å². The normalized spacial score (nSPS) is 9.43. The molecule has 0 aromatic rings. The number of hydrogen-bond donors (Lipinski definition) is 5. The maximum absolute atomic E-state index is 8.52. The number of aliphatic hydroxyl groups excluding tert-OH is 3. The fourth-order valence-electron chi connectivity index (χ4n) is 0.0577. The Bertz CT molecular complexity index is 74.6. The van der Waals surface area contributed by atoms with Gasteiger partial charge in [-0.2, -0.15) is 0 Å². The Labute approximate surface area is 84.9 Å². The second-order valence-corrected chi connectivity index (χ2v) is 2.23. The van der Waals surface area contributed by atoms with Gasteiger partial charge in [0.1, 0.15) is 6.10 Å². The maximum Gasteiger partial charge on any atom is 0.282 e. The lowest BCUT2D eigenvalue weighted by molar-refractivity contribution is -1.63. The molecular formula is C3H10Cl2O9. The summed E-state index contributed by atoms with van der Waals surface area (Å²) in [4.78, 5) is 0. The third-order valence-electron chi connectivity index (χ3n) is 0.421. The van der Waals surface area contributed by atoms with Gasteiger partial charge in [-0.05, 0) is 0 Å². The molecule has 0 spiro atoms. The zero-order valence-electron chi connectivity index (χ0n) is 6.62. The summed E-state index contributed by atoms with van der Waals surface area (Å²) in [5.41, 5.74) is 0. The highest BCUT2D eigenvalue weighted by atomic mass is 35.6. The van der Waals surface area contributed by atoms with E-state index in [2.05, 4.69) is 0 Å². The lowest BCUT2D eigenvalue weighted by Gasteiger charge is -1.96. The monoisotopic (exact) mass is 260 g/mol.